The minimum Gasteiger partial charge on any atom is -0.396 e. The Bertz CT molecular complexity index is 410. The molecule has 0 spiro atoms. The molecule has 6 nitrogen and oxygen atoms in total. The van der Waals surface area contributed by atoms with Gasteiger partial charge in [0.1, 0.15) is 17.5 Å². The first-order valence-corrected chi connectivity index (χ1v) is 6.68. The van der Waals surface area contributed by atoms with Gasteiger partial charge in [-0.25, -0.2) is 15.8 Å². The molecular formula is C13H25N5O. The average molecular weight is 267 g/mol. The summed E-state index contributed by atoms with van der Waals surface area (Å²) >= 11 is 0. The van der Waals surface area contributed by atoms with Crippen LogP contribution in [0.5, 0.6) is 0 Å². The molecule has 1 atom stereocenters. The van der Waals surface area contributed by atoms with Gasteiger partial charge in [-0.3, -0.25) is 0 Å². The highest BCUT2D eigenvalue weighted by molar-refractivity contribution is 5.48. The fourth-order valence-corrected chi connectivity index (χ4v) is 1.75. The quantitative estimate of drug-likeness (QED) is 0.445. The van der Waals surface area contributed by atoms with E-state index in [4.69, 9.17) is 10.9 Å². The van der Waals surface area contributed by atoms with Crippen molar-refractivity contribution in [3.63, 3.8) is 0 Å². The first-order valence-electron chi connectivity index (χ1n) is 6.68. The van der Waals surface area contributed by atoms with Crippen LogP contribution in [0.1, 0.15) is 52.3 Å². The number of nitrogen functional groups attached to an aromatic ring is 1. The normalized spacial score (nSPS) is 14.3. The Morgan fingerprint density at radius 1 is 1.37 bits per heavy atom. The number of aliphatic hydroxyl groups is 1. The van der Waals surface area contributed by atoms with Gasteiger partial charge in [-0.05, 0) is 19.8 Å². The van der Waals surface area contributed by atoms with Gasteiger partial charge in [-0.2, -0.15) is 0 Å². The van der Waals surface area contributed by atoms with Gasteiger partial charge in [0, 0.05) is 24.1 Å². The number of anilines is 2. The second kappa shape index (κ2) is 6.68. The lowest BCUT2D eigenvalue weighted by Gasteiger charge is -2.30. The molecule has 0 saturated heterocycles. The zero-order valence-electron chi connectivity index (χ0n) is 12.2. The van der Waals surface area contributed by atoms with Crippen LogP contribution in [-0.4, -0.2) is 27.2 Å². The molecule has 6 heteroatoms. The predicted octanol–water partition coefficient (Wildman–Crippen LogP) is 1.85. The van der Waals surface area contributed by atoms with Crippen molar-refractivity contribution in [2.45, 2.75) is 52.0 Å². The van der Waals surface area contributed by atoms with Crippen molar-refractivity contribution in [3.8, 4) is 0 Å². The predicted molar refractivity (Wildman–Crippen MR) is 78.0 cm³/mol. The molecule has 1 aromatic rings. The zero-order valence-corrected chi connectivity index (χ0v) is 12.2. The Labute approximate surface area is 114 Å². The Morgan fingerprint density at radius 3 is 2.47 bits per heavy atom. The van der Waals surface area contributed by atoms with Gasteiger partial charge in [0.05, 0.1) is 0 Å². The molecule has 19 heavy (non-hydrogen) atoms. The maximum Gasteiger partial charge on any atom is 0.145 e. The van der Waals surface area contributed by atoms with E-state index < -0.39 is 0 Å². The number of aromatic nitrogens is 2. The first-order chi connectivity index (χ1) is 8.94. The largest absolute Gasteiger partial charge is 0.396 e. The van der Waals surface area contributed by atoms with Crippen LogP contribution >= 0.6 is 0 Å². The van der Waals surface area contributed by atoms with Crippen LogP contribution in [0.3, 0.4) is 0 Å². The third-order valence-electron chi connectivity index (χ3n) is 3.28. The molecule has 5 N–H and O–H groups in total. The van der Waals surface area contributed by atoms with E-state index in [9.17, 15) is 0 Å². The number of nitrogens with two attached hydrogens (primary N) is 1. The summed E-state index contributed by atoms with van der Waals surface area (Å²) in [5, 5.41) is 12.5. The van der Waals surface area contributed by atoms with Crippen molar-refractivity contribution in [1.82, 2.24) is 9.97 Å². The topological polar surface area (TPSA) is 96.1 Å². The van der Waals surface area contributed by atoms with Crippen molar-refractivity contribution in [2.75, 3.05) is 17.3 Å². The molecule has 108 valence electrons. The monoisotopic (exact) mass is 267 g/mol. The van der Waals surface area contributed by atoms with Crippen molar-refractivity contribution < 1.29 is 5.11 Å². The summed E-state index contributed by atoms with van der Waals surface area (Å²) in [5.41, 5.74) is 2.37. The summed E-state index contributed by atoms with van der Waals surface area (Å²) in [6.45, 7) is 8.35. The van der Waals surface area contributed by atoms with Gasteiger partial charge in [0.15, 0.2) is 0 Å². The van der Waals surface area contributed by atoms with Crippen molar-refractivity contribution >= 4 is 11.6 Å². The molecule has 0 bridgehead atoms. The molecule has 0 aliphatic heterocycles. The van der Waals surface area contributed by atoms with Gasteiger partial charge >= 0.3 is 0 Å². The zero-order chi connectivity index (χ0) is 14.5. The maximum absolute atomic E-state index is 9.15. The molecule has 1 unspecified atom stereocenters. The Balaban J connectivity index is 3.02. The summed E-state index contributed by atoms with van der Waals surface area (Å²) in [6.07, 6.45) is 1.55. The van der Waals surface area contributed by atoms with E-state index in [1.54, 1.807) is 6.07 Å². The molecular weight excluding hydrogens is 242 g/mol. The van der Waals surface area contributed by atoms with Crippen LogP contribution in [0.15, 0.2) is 6.07 Å². The maximum atomic E-state index is 9.15. The minimum absolute atomic E-state index is 0.140. The van der Waals surface area contributed by atoms with Crippen LogP contribution in [0, 0.1) is 0 Å². The molecule has 0 aromatic carbocycles. The van der Waals surface area contributed by atoms with Crippen LogP contribution in [0.2, 0.25) is 0 Å². The Hall–Kier alpha value is -1.40. The molecule has 0 aliphatic rings. The van der Waals surface area contributed by atoms with E-state index in [0.717, 1.165) is 18.1 Å². The first kappa shape index (κ1) is 15.7. The van der Waals surface area contributed by atoms with Crippen molar-refractivity contribution in [1.29, 1.82) is 0 Å². The van der Waals surface area contributed by atoms with Gasteiger partial charge in [0.2, 0.25) is 0 Å². The fraction of sp³-hybridized carbons (Fsp3) is 0.692. The molecule has 0 aliphatic carbocycles. The third kappa shape index (κ3) is 4.33. The highest BCUT2D eigenvalue weighted by atomic mass is 16.3. The Kier molecular flexibility index (Phi) is 5.50. The van der Waals surface area contributed by atoms with Crippen LogP contribution in [0.4, 0.5) is 11.6 Å². The molecule has 1 heterocycles. The van der Waals surface area contributed by atoms with Crippen molar-refractivity contribution in [2.24, 2.45) is 5.84 Å². The summed E-state index contributed by atoms with van der Waals surface area (Å²) in [4.78, 5) is 8.81. The van der Waals surface area contributed by atoms with Crippen molar-refractivity contribution in [3.05, 3.63) is 11.9 Å². The molecule has 0 fully saturated rings. The van der Waals surface area contributed by atoms with Crippen LogP contribution in [-0.2, 0) is 0 Å². The number of aliphatic hydroxyl groups excluding tert-OH is 1. The highest BCUT2D eigenvalue weighted by Crippen LogP contribution is 2.23. The van der Waals surface area contributed by atoms with E-state index in [2.05, 4.69) is 34.6 Å². The SMILES string of the molecule is CCC(C)(CCO)Nc1cc(NN)nc(C(C)C)n1. The summed E-state index contributed by atoms with van der Waals surface area (Å²) in [5.74, 6) is 7.71. The van der Waals surface area contributed by atoms with Crippen LogP contribution in [0.25, 0.3) is 0 Å². The summed E-state index contributed by atoms with van der Waals surface area (Å²) in [7, 11) is 0. The number of nitrogens with one attached hydrogen (secondary N) is 2. The standard InChI is InChI=1S/C13H25N5O/c1-5-13(4,6-7-19)17-10-8-11(18-14)16-12(15-10)9(2)3/h8-9,19H,5-7,14H2,1-4H3,(H2,15,16,17,18). The molecule has 0 amide bonds. The number of hydrazine groups is 1. The Morgan fingerprint density at radius 2 is 2.00 bits per heavy atom. The smallest absolute Gasteiger partial charge is 0.145 e. The third-order valence-corrected chi connectivity index (χ3v) is 3.28. The highest BCUT2D eigenvalue weighted by Gasteiger charge is 2.22. The lowest BCUT2D eigenvalue weighted by atomic mass is 9.95. The number of hydrogen-bond acceptors (Lipinski definition) is 6. The van der Waals surface area contributed by atoms with Gasteiger partial charge in [-0.15, -0.1) is 0 Å². The number of hydrogen-bond donors (Lipinski definition) is 4. The van der Waals surface area contributed by atoms with Gasteiger partial charge in [-0.1, -0.05) is 20.8 Å². The lowest BCUT2D eigenvalue weighted by Crippen LogP contribution is -2.35. The fourth-order valence-electron chi connectivity index (χ4n) is 1.75. The van der Waals surface area contributed by atoms with E-state index in [-0.39, 0.29) is 18.1 Å². The second-order valence-corrected chi connectivity index (χ2v) is 5.31. The molecule has 0 saturated carbocycles. The average Bonchev–Trinajstić information content (AvgIpc) is 2.38. The number of nitrogens with zero attached hydrogens (tertiary/aromatic N) is 2. The van der Waals surface area contributed by atoms with E-state index >= 15 is 0 Å². The van der Waals surface area contributed by atoms with E-state index in [1.165, 1.54) is 0 Å². The minimum atomic E-state index is -0.191. The van der Waals surface area contributed by atoms with Crippen LogP contribution < -0.4 is 16.6 Å². The summed E-state index contributed by atoms with van der Waals surface area (Å²) < 4.78 is 0. The lowest BCUT2D eigenvalue weighted by molar-refractivity contribution is 0.252. The molecule has 1 rings (SSSR count). The summed E-state index contributed by atoms with van der Waals surface area (Å²) in [6, 6.07) is 1.77. The van der Waals surface area contributed by atoms with E-state index in [0.29, 0.717) is 12.2 Å². The molecule has 0 radical (unpaired) electrons. The van der Waals surface area contributed by atoms with Gasteiger partial charge in [0.25, 0.3) is 0 Å². The van der Waals surface area contributed by atoms with Gasteiger partial charge < -0.3 is 15.8 Å². The number of rotatable bonds is 7. The second-order valence-electron chi connectivity index (χ2n) is 5.31. The molecule has 1 aromatic heterocycles. The van der Waals surface area contributed by atoms with E-state index in [1.807, 2.05) is 13.8 Å².